The zero-order valence-electron chi connectivity index (χ0n) is 6.36. The van der Waals surface area contributed by atoms with Gasteiger partial charge in [-0.15, -0.1) is 11.3 Å². The largest absolute Gasteiger partial charge is 0.309 e. The van der Waals surface area contributed by atoms with Crippen molar-refractivity contribution in [2.24, 2.45) is 0 Å². The summed E-state index contributed by atoms with van der Waals surface area (Å²) in [5, 5.41) is 3.39. The zero-order chi connectivity index (χ0) is 7.84. The molecule has 1 aromatic heterocycles. The molecule has 11 heavy (non-hydrogen) atoms. The van der Waals surface area contributed by atoms with Gasteiger partial charge in [0, 0.05) is 10.9 Å². The summed E-state index contributed by atoms with van der Waals surface area (Å²) in [6.07, 6.45) is 1.30. The second-order valence-electron chi connectivity index (χ2n) is 2.90. The first kappa shape index (κ1) is 7.77. The van der Waals surface area contributed by atoms with Crippen LogP contribution in [0.25, 0.3) is 0 Å². The third-order valence-corrected chi connectivity index (χ3v) is 4.29. The lowest BCUT2D eigenvalue weighted by molar-refractivity contribution is 0.389. The number of rotatable bonds is 1. The Balaban J connectivity index is 2.24. The summed E-state index contributed by atoms with van der Waals surface area (Å²) in [4.78, 5) is 1.47. The maximum atomic E-state index is 3.53. The van der Waals surface area contributed by atoms with Gasteiger partial charge in [0.25, 0.3) is 0 Å². The van der Waals surface area contributed by atoms with Gasteiger partial charge in [-0.3, -0.25) is 0 Å². The van der Waals surface area contributed by atoms with Crippen LogP contribution in [0, 0.1) is 6.92 Å². The van der Waals surface area contributed by atoms with Crippen LogP contribution in [-0.4, -0.2) is 6.54 Å². The Kier molecular flexibility index (Phi) is 2.04. The summed E-state index contributed by atoms with van der Waals surface area (Å²) in [7, 11) is 0. The predicted molar refractivity (Wildman–Crippen MR) is 52.1 cm³/mol. The third-order valence-electron chi connectivity index (χ3n) is 2.04. The van der Waals surface area contributed by atoms with E-state index in [2.05, 4.69) is 34.2 Å². The Hall–Kier alpha value is 0.140. The molecule has 1 N–H and O–H groups in total. The molecule has 0 unspecified atom stereocenters. The summed E-state index contributed by atoms with van der Waals surface area (Å²) < 4.78 is 1.28. The lowest BCUT2D eigenvalue weighted by atomic mass is 10.1. The fraction of sp³-hybridized carbons (Fsp3) is 0.500. The quantitative estimate of drug-likeness (QED) is 0.785. The lowest BCUT2D eigenvalue weighted by Crippen LogP contribution is -2.34. The Morgan fingerprint density at radius 1 is 1.73 bits per heavy atom. The second kappa shape index (κ2) is 2.88. The van der Waals surface area contributed by atoms with Gasteiger partial charge in [0.05, 0.1) is 3.79 Å². The molecule has 1 aliphatic rings. The number of hydrogen-bond donors (Lipinski definition) is 1. The molecular weight excluding hydrogens is 222 g/mol. The van der Waals surface area contributed by atoms with E-state index in [9.17, 15) is 0 Å². The van der Waals surface area contributed by atoms with Crippen LogP contribution < -0.4 is 5.32 Å². The molecule has 1 nitrogen and oxygen atoms in total. The number of hydrogen-bond acceptors (Lipinski definition) is 2. The maximum Gasteiger partial charge on any atom is 0.0731 e. The van der Waals surface area contributed by atoms with Crippen molar-refractivity contribution >= 4 is 27.3 Å². The van der Waals surface area contributed by atoms with E-state index in [0.29, 0.717) is 6.04 Å². The van der Waals surface area contributed by atoms with Crippen molar-refractivity contribution in [3.05, 3.63) is 20.3 Å². The van der Waals surface area contributed by atoms with Crippen molar-refractivity contribution in [3.8, 4) is 0 Å². The van der Waals surface area contributed by atoms with Crippen LogP contribution in [0.5, 0.6) is 0 Å². The summed E-state index contributed by atoms with van der Waals surface area (Å²) in [5.74, 6) is 0. The van der Waals surface area contributed by atoms with Crippen molar-refractivity contribution in [1.82, 2.24) is 5.32 Å². The highest BCUT2D eigenvalue weighted by molar-refractivity contribution is 9.11. The van der Waals surface area contributed by atoms with Gasteiger partial charge in [-0.25, -0.2) is 0 Å². The van der Waals surface area contributed by atoms with Gasteiger partial charge in [0.2, 0.25) is 0 Å². The average molecular weight is 232 g/mol. The number of thiophene rings is 1. The van der Waals surface area contributed by atoms with Crippen molar-refractivity contribution in [2.45, 2.75) is 19.4 Å². The monoisotopic (exact) mass is 231 g/mol. The Bertz CT molecular complexity index is 246. The zero-order valence-corrected chi connectivity index (χ0v) is 8.76. The molecule has 2 heterocycles. The fourth-order valence-corrected chi connectivity index (χ4v) is 2.87. The Labute approximate surface area is 78.9 Å². The molecule has 1 aliphatic heterocycles. The van der Waals surface area contributed by atoms with Crippen molar-refractivity contribution in [1.29, 1.82) is 0 Å². The molecule has 0 saturated carbocycles. The highest BCUT2D eigenvalue weighted by atomic mass is 79.9. The van der Waals surface area contributed by atoms with Gasteiger partial charge in [0.1, 0.15) is 0 Å². The van der Waals surface area contributed by atoms with Crippen LogP contribution in [0.1, 0.15) is 22.9 Å². The molecule has 1 saturated heterocycles. The molecule has 60 valence electrons. The molecule has 0 bridgehead atoms. The second-order valence-corrected chi connectivity index (χ2v) is 5.30. The molecule has 3 heteroatoms. The molecule has 1 fully saturated rings. The van der Waals surface area contributed by atoms with E-state index in [1.54, 1.807) is 0 Å². The number of halogens is 1. The van der Waals surface area contributed by atoms with Crippen molar-refractivity contribution < 1.29 is 0 Å². The fourth-order valence-electron chi connectivity index (χ4n) is 1.19. The highest BCUT2D eigenvalue weighted by Gasteiger charge is 2.20. The molecule has 0 aromatic carbocycles. The van der Waals surface area contributed by atoms with Crippen molar-refractivity contribution in [2.75, 3.05) is 6.54 Å². The van der Waals surface area contributed by atoms with Gasteiger partial charge in [-0.2, -0.15) is 0 Å². The van der Waals surface area contributed by atoms with E-state index in [4.69, 9.17) is 0 Å². The number of nitrogens with one attached hydrogen (secondary N) is 1. The summed E-state index contributed by atoms with van der Waals surface area (Å²) in [6, 6.07) is 2.91. The number of aryl methyl sites for hydroxylation is 1. The molecule has 2 rings (SSSR count). The van der Waals surface area contributed by atoms with E-state index in [-0.39, 0.29) is 0 Å². The third kappa shape index (κ3) is 1.37. The summed E-state index contributed by atoms with van der Waals surface area (Å²) >= 11 is 5.38. The van der Waals surface area contributed by atoms with E-state index in [0.717, 1.165) is 0 Å². The molecular formula is C8H10BrNS. The van der Waals surface area contributed by atoms with Crippen LogP contribution in [0.2, 0.25) is 0 Å². The van der Waals surface area contributed by atoms with E-state index >= 15 is 0 Å². The van der Waals surface area contributed by atoms with Gasteiger partial charge in [0.15, 0.2) is 0 Å². The predicted octanol–water partition coefficient (Wildman–Crippen LogP) is 2.85. The molecule has 1 atom stereocenters. The van der Waals surface area contributed by atoms with E-state index < -0.39 is 0 Å². The topological polar surface area (TPSA) is 12.0 Å². The van der Waals surface area contributed by atoms with Crippen LogP contribution in [0.4, 0.5) is 0 Å². The van der Waals surface area contributed by atoms with Gasteiger partial charge < -0.3 is 5.32 Å². The minimum Gasteiger partial charge on any atom is -0.309 e. The average Bonchev–Trinajstić information content (AvgIpc) is 2.08. The van der Waals surface area contributed by atoms with E-state index in [1.165, 1.54) is 27.2 Å². The molecule has 1 aromatic rings. The molecule has 0 spiro atoms. The first-order valence-electron chi connectivity index (χ1n) is 3.76. The Morgan fingerprint density at radius 3 is 2.82 bits per heavy atom. The van der Waals surface area contributed by atoms with Crippen LogP contribution in [-0.2, 0) is 0 Å². The SMILES string of the molecule is Cc1cc([C@H]2CCN2)sc1Br. The minimum absolute atomic E-state index is 0.644. The maximum absolute atomic E-state index is 3.53. The van der Waals surface area contributed by atoms with Crippen LogP contribution in [0.3, 0.4) is 0 Å². The Morgan fingerprint density at radius 2 is 2.45 bits per heavy atom. The van der Waals surface area contributed by atoms with Crippen molar-refractivity contribution in [3.63, 3.8) is 0 Å². The highest BCUT2D eigenvalue weighted by Crippen LogP contribution is 2.34. The standard InChI is InChI=1S/C8H10BrNS/c1-5-4-7(11-8(5)9)6-2-3-10-6/h4,6,10H,2-3H2,1H3/t6-/m1/s1. The lowest BCUT2D eigenvalue weighted by Gasteiger charge is -2.26. The normalized spacial score (nSPS) is 23.3. The van der Waals surface area contributed by atoms with Crippen LogP contribution in [0.15, 0.2) is 9.85 Å². The molecule has 0 amide bonds. The van der Waals surface area contributed by atoms with Gasteiger partial charge in [-0.1, -0.05) is 0 Å². The summed E-state index contributed by atoms with van der Waals surface area (Å²) in [5.41, 5.74) is 1.36. The molecule has 0 aliphatic carbocycles. The van der Waals surface area contributed by atoms with E-state index in [1.807, 2.05) is 11.3 Å². The molecule has 0 radical (unpaired) electrons. The first-order valence-corrected chi connectivity index (χ1v) is 5.37. The van der Waals surface area contributed by atoms with Gasteiger partial charge >= 0.3 is 0 Å². The van der Waals surface area contributed by atoms with Crippen LogP contribution >= 0.6 is 27.3 Å². The van der Waals surface area contributed by atoms with Gasteiger partial charge in [-0.05, 0) is 47.4 Å². The minimum atomic E-state index is 0.644. The smallest absolute Gasteiger partial charge is 0.0731 e. The summed E-state index contributed by atoms with van der Waals surface area (Å²) in [6.45, 7) is 3.32. The first-order chi connectivity index (χ1) is 5.27.